The molecule has 0 atom stereocenters. The lowest BCUT2D eigenvalue weighted by atomic mass is 10.2. The molecule has 0 amide bonds. The van der Waals surface area contributed by atoms with E-state index >= 15 is 0 Å². The summed E-state index contributed by atoms with van der Waals surface area (Å²) in [5.41, 5.74) is -3.73. The minimum absolute atomic E-state index is 0.0774. The first-order valence-corrected chi connectivity index (χ1v) is 6.27. The summed E-state index contributed by atoms with van der Waals surface area (Å²) in [6.45, 7) is 0.931. The molecule has 0 fully saturated rings. The van der Waals surface area contributed by atoms with Crippen molar-refractivity contribution in [3.05, 3.63) is 48.8 Å². The van der Waals surface area contributed by atoms with Crippen LogP contribution in [0.15, 0.2) is 21.7 Å². The maximum Gasteiger partial charge on any atom is 0.349 e. The van der Waals surface area contributed by atoms with Gasteiger partial charge in [-0.2, -0.15) is 4.39 Å². The van der Waals surface area contributed by atoms with E-state index in [2.05, 4.69) is 9.72 Å². The highest BCUT2D eigenvalue weighted by Crippen LogP contribution is 2.21. The van der Waals surface area contributed by atoms with Crippen molar-refractivity contribution in [2.45, 2.75) is 6.92 Å². The van der Waals surface area contributed by atoms with Gasteiger partial charge in [0.25, 0.3) is 0 Å². The molecule has 1 N–H and O–H groups in total. The van der Waals surface area contributed by atoms with E-state index in [4.69, 9.17) is 4.84 Å². The number of H-pyrrole nitrogens is 1. The summed E-state index contributed by atoms with van der Waals surface area (Å²) in [5, 5.41) is 10.7. The molecule has 0 bridgehead atoms. The van der Waals surface area contributed by atoms with E-state index in [9.17, 15) is 28.9 Å². The third kappa shape index (κ3) is 3.17. The van der Waals surface area contributed by atoms with Crippen molar-refractivity contribution in [1.82, 2.24) is 9.71 Å². The van der Waals surface area contributed by atoms with Gasteiger partial charge >= 0.3 is 22.8 Å². The third-order valence-corrected chi connectivity index (χ3v) is 2.72. The van der Waals surface area contributed by atoms with Gasteiger partial charge in [0.15, 0.2) is 0 Å². The van der Waals surface area contributed by atoms with E-state index in [1.54, 1.807) is 6.92 Å². The highest BCUT2D eigenvalue weighted by molar-refractivity contribution is 5.77. The first-order valence-electron chi connectivity index (χ1n) is 6.27. The van der Waals surface area contributed by atoms with Crippen LogP contribution in [0.1, 0.15) is 6.92 Å². The van der Waals surface area contributed by atoms with Crippen LogP contribution in [0.5, 0.6) is 0 Å². The zero-order chi connectivity index (χ0) is 17.1. The molecule has 0 aliphatic rings. The maximum atomic E-state index is 13.7. The number of carbonyl (C=O) groups excluding carboxylic acids is 1. The van der Waals surface area contributed by atoms with E-state index in [1.165, 1.54) is 0 Å². The minimum atomic E-state index is -1.23. The molecule has 0 aliphatic heterocycles. The van der Waals surface area contributed by atoms with Gasteiger partial charge in [-0.1, -0.05) is 0 Å². The molecule has 11 heteroatoms. The number of nitro groups is 1. The van der Waals surface area contributed by atoms with Gasteiger partial charge in [0.1, 0.15) is 5.52 Å². The molecule has 10 nitrogen and oxygen atoms in total. The fourth-order valence-electron chi connectivity index (χ4n) is 1.78. The largest absolute Gasteiger partial charge is 0.463 e. The summed E-state index contributed by atoms with van der Waals surface area (Å²) in [4.78, 5) is 51.2. The van der Waals surface area contributed by atoms with E-state index in [-0.39, 0.29) is 17.6 Å². The number of fused-ring (bicyclic) bond motifs is 1. The number of hydrogen-bond acceptors (Lipinski definition) is 7. The van der Waals surface area contributed by atoms with Crippen LogP contribution in [0.2, 0.25) is 0 Å². The van der Waals surface area contributed by atoms with Crippen LogP contribution in [0.25, 0.3) is 11.0 Å². The molecule has 1 heterocycles. The van der Waals surface area contributed by atoms with Crippen molar-refractivity contribution in [1.29, 1.82) is 0 Å². The molecule has 1 aromatic heterocycles. The fraction of sp³-hybridized carbons (Fsp3) is 0.250. The second-order valence-corrected chi connectivity index (χ2v) is 4.21. The lowest BCUT2D eigenvalue weighted by Gasteiger charge is -2.10. The number of nitrogens with one attached hydrogen (secondary N) is 1. The number of halogens is 1. The summed E-state index contributed by atoms with van der Waals surface area (Å²) < 4.78 is 18.7. The quantitative estimate of drug-likeness (QED) is 0.346. The predicted molar refractivity (Wildman–Crippen MR) is 73.5 cm³/mol. The average molecular weight is 327 g/mol. The van der Waals surface area contributed by atoms with E-state index in [0.29, 0.717) is 10.8 Å². The monoisotopic (exact) mass is 327 g/mol. The van der Waals surface area contributed by atoms with Crippen molar-refractivity contribution < 1.29 is 23.7 Å². The van der Waals surface area contributed by atoms with Crippen LogP contribution in [-0.4, -0.2) is 33.8 Å². The second-order valence-electron chi connectivity index (χ2n) is 4.21. The zero-order valence-electron chi connectivity index (χ0n) is 11.7. The van der Waals surface area contributed by atoms with Crippen molar-refractivity contribution in [2.24, 2.45) is 0 Å². The molecular formula is C12H10FN3O7. The van der Waals surface area contributed by atoms with E-state index in [0.717, 1.165) is 6.07 Å². The lowest BCUT2D eigenvalue weighted by molar-refractivity contribution is -0.387. The Kier molecular flexibility index (Phi) is 4.39. The van der Waals surface area contributed by atoms with Crippen LogP contribution < -0.4 is 16.0 Å². The number of nitrogens with zero attached hydrogens (tertiary/aromatic N) is 2. The van der Waals surface area contributed by atoms with Crippen LogP contribution in [-0.2, 0) is 9.53 Å². The molecule has 0 saturated carbocycles. The van der Waals surface area contributed by atoms with Crippen molar-refractivity contribution in [3.63, 3.8) is 0 Å². The Morgan fingerprint density at radius 3 is 2.74 bits per heavy atom. The van der Waals surface area contributed by atoms with E-state index in [1.807, 2.05) is 0 Å². The number of carbonyl (C=O) groups is 1. The molecule has 0 radical (unpaired) electrons. The van der Waals surface area contributed by atoms with Gasteiger partial charge < -0.3 is 14.6 Å². The van der Waals surface area contributed by atoms with Crippen LogP contribution >= 0.6 is 0 Å². The van der Waals surface area contributed by atoms with Gasteiger partial charge in [-0.15, -0.1) is 4.73 Å². The molecule has 23 heavy (non-hydrogen) atoms. The molecule has 0 unspecified atom stereocenters. The molecule has 0 aliphatic carbocycles. The summed E-state index contributed by atoms with van der Waals surface area (Å²) >= 11 is 0. The number of ether oxygens (including phenoxy) is 1. The molecule has 1 aromatic carbocycles. The summed E-state index contributed by atoms with van der Waals surface area (Å²) in [6.07, 6.45) is 0. The normalized spacial score (nSPS) is 10.5. The Labute approximate surface area is 126 Å². The second kappa shape index (κ2) is 6.25. The molecule has 2 rings (SSSR count). The molecule has 0 spiro atoms. The van der Waals surface area contributed by atoms with Crippen LogP contribution in [0.3, 0.4) is 0 Å². The maximum absolute atomic E-state index is 13.7. The topological polar surface area (TPSA) is 134 Å². The number of hydrogen-bond donors (Lipinski definition) is 1. The Morgan fingerprint density at radius 2 is 2.13 bits per heavy atom. The number of esters is 1. The van der Waals surface area contributed by atoms with Crippen molar-refractivity contribution in [3.8, 4) is 0 Å². The third-order valence-electron chi connectivity index (χ3n) is 2.72. The summed E-state index contributed by atoms with van der Waals surface area (Å²) in [7, 11) is 0. The Morgan fingerprint density at radius 1 is 1.43 bits per heavy atom. The highest BCUT2D eigenvalue weighted by atomic mass is 19.1. The molecule has 2 aromatic rings. The Balaban J connectivity index is 2.58. The van der Waals surface area contributed by atoms with Gasteiger partial charge in [-0.05, 0) is 6.92 Å². The number of aromatic nitrogens is 2. The predicted octanol–water partition coefficient (Wildman–Crippen LogP) is -0.271. The SMILES string of the molecule is CCOC(=O)COn1c(=O)c(=O)[nH]c2cc([N+](=O)[O-])c(F)cc21. The number of nitro benzene ring substituents is 1. The first-order chi connectivity index (χ1) is 10.8. The van der Waals surface area contributed by atoms with E-state index < -0.39 is 40.1 Å². The van der Waals surface area contributed by atoms with Gasteiger partial charge in [-0.25, -0.2) is 4.79 Å². The Bertz CT molecular complexity index is 902. The van der Waals surface area contributed by atoms with Crippen molar-refractivity contribution in [2.75, 3.05) is 13.2 Å². The lowest BCUT2D eigenvalue weighted by Crippen LogP contribution is -2.41. The van der Waals surface area contributed by atoms with Crippen LogP contribution in [0.4, 0.5) is 10.1 Å². The molecule has 122 valence electrons. The number of benzene rings is 1. The van der Waals surface area contributed by atoms with Gasteiger partial charge in [0, 0.05) is 12.1 Å². The number of aromatic amines is 1. The molecule has 0 saturated heterocycles. The Hall–Kier alpha value is -3.24. The number of rotatable bonds is 5. The smallest absolute Gasteiger partial charge is 0.349 e. The standard InChI is InChI=1S/C12H10FN3O7/c1-2-22-10(17)5-23-15-9-3-6(13)8(16(20)21)4-7(9)14-11(18)12(15)19/h3-4H,2,5H2,1H3,(H,14,18). The van der Waals surface area contributed by atoms with Crippen LogP contribution in [0, 0.1) is 15.9 Å². The van der Waals surface area contributed by atoms with Gasteiger partial charge in [-0.3, -0.25) is 19.7 Å². The summed E-state index contributed by atoms with van der Waals surface area (Å²) in [6, 6.07) is 1.39. The highest BCUT2D eigenvalue weighted by Gasteiger charge is 2.19. The van der Waals surface area contributed by atoms with Crippen molar-refractivity contribution >= 4 is 22.7 Å². The average Bonchev–Trinajstić information content (AvgIpc) is 2.48. The fourth-order valence-corrected chi connectivity index (χ4v) is 1.78. The zero-order valence-corrected chi connectivity index (χ0v) is 11.7. The molecular weight excluding hydrogens is 317 g/mol. The van der Waals surface area contributed by atoms with Gasteiger partial charge in [0.05, 0.1) is 17.0 Å². The van der Waals surface area contributed by atoms with Gasteiger partial charge in [0.2, 0.25) is 12.4 Å². The first kappa shape index (κ1) is 16.1. The minimum Gasteiger partial charge on any atom is -0.463 e. The summed E-state index contributed by atoms with van der Waals surface area (Å²) in [5.74, 6) is -2.04.